The molecule has 17 heavy (non-hydrogen) atoms. The Balaban J connectivity index is 3.31. The molecule has 0 radical (unpaired) electrons. The van der Waals surface area contributed by atoms with E-state index in [1.54, 1.807) is 19.1 Å². The maximum absolute atomic E-state index is 13.9. The molecule has 0 heterocycles. The molecule has 1 aromatic rings. The average molecular weight is 256 g/mol. The SMILES string of the molecule is CC[Si](F)(F)c1cc(C(C)C)cc(C(C)C)c1. The van der Waals surface area contributed by atoms with Gasteiger partial charge in [0.25, 0.3) is 0 Å². The van der Waals surface area contributed by atoms with Crippen molar-refractivity contribution in [2.24, 2.45) is 0 Å². The molecule has 0 aliphatic heterocycles. The lowest BCUT2D eigenvalue weighted by atomic mass is 9.96. The zero-order valence-electron chi connectivity index (χ0n) is 11.3. The van der Waals surface area contributed by atoms with E-state index in [0.717, 1.165) is 11.1 Å². The Kier molecular flexibility index (Phi) is 4.47. The Labute approximate surface area is 104 Å². The van der Waals surface area contributed by atoms with Crippen LogP contribution >= 0.6 is 0 Å². The second-order valence-corrected chi connectivity index (χ2v) is 7.95. The minimum Gasteiger partial charge on any atom is -0.265 e. The van der Waals surface area contributed by atoms with Gasteiger partial charge in [-0.2, -0.15) is 0 Å². The first kappa shape index (κ1) is 14.4. The minimum atomic E-state index is -4.21. The van der Waals surface area contributed by atoms with Crippen molar-refractivity contribution in [1.82, 2.24) is 0 Å². The van der Waals surface area contributed by atoms with Crippen LogP contribution in [-0.4, -0.2) is 8.74 Å². The van der Waals surface area contributed by atoms with Gasteiger partial charge < -0.3 is 0 Å². The highest BCUT2D eigenvalue weighted by Crippen LogP contribution is 2.23. The predicted molar refractivity (Wildman–Crippen MR) is 72.7 cm³/mol. The first-order chi connectivity index (χ1) is 7.77. The summed E-state index contributed by atoms with van der Waals surface area (Å²) in [6, 6.07) is 5.49. The molecule has 0 saturated heterocycles. The zero-order valence-corrected chi connectivity index (χ0v) is 12.3. The third-order valence-electron chi connectivity index (χ3n) is 3.18. The van der Waals surface area contributed by atoms with Crippen molar-refractivity contribution in [2.75, 3.05) is 0 Å². The molecule has 0 bridgehead atoms. The fraction of sp³-hybridized carbons (Fsp3) is 0.571. The van der Waals surface area contributed by atoms with Gasteiger partial charge in [-0.3, -0.25) is 8.22 Å². The van der Waals surface area contributed by atoms with Gasteiger partial charge in [0.1, 0.15) is 0 Å². The molecule has 0 fully saturated rings. The Morgan fingerprint density at radius 3 is 1.65 bits per heavy atom. The number of halogens is 2. The van der Waals surface area contributed by atoms with Gasteiger partial charge in [-0.15, -0.1) is 0 Å². The summed E-state index contributed by atoms with van der Waals surface area (Å²) in [6.07, 6.45) is 0. The van der Waals surface area contributed by atoms with Gasteiger partial charge in [-0.1, -0.05) is 52.8 Å². The van der Waals surface area contributed by atoms with Crippen LogP contribution < -0.4 is 5.19 Å². The molecule has 0 atom stereocenters. The van der Waals surface area contributed by atoms with Crippen LogP contribution in [0.1, 0.15) is 57.6 Å². The van der Waals surface area contributed by atoms with Crippen molar-refractivity contribution in [3.63, 3.8) is 0 Å². The van der Waals surface area contributed by atoms with Crippen LogP contribution in [0.2, 0.25) is 6.04 Å². The van der Waals surface area contributed by atoms with Crippen LogP contribution in [0.4, 0.5) is 8.22 Å². The first-order valence-electron chi connectivity index (χ1n) is 6.31. The number of benzene rings is 1. The summed E-state index contributed by atoms with van der Waals surface area (Å²) in [6.45, 7) is 9.79. The highest BCUT2D eigenvalue weighted by atomic mass is 28.4. The summed E-state index contributed by atoms with van der Waals surface area (Å²) in [5, 5.41) is 0.301. The van der Waals surface area contributed by atoms with E-state index in [0.29, 0.717) is 17.0 Å². The van der Waals surface area contributed by atoms with Gasteiger partial charge in [0.2, 0.25) is 0 Å². The molecule has 0 unspecified atom stereocenters. The highest BCUT2D eigenvalue weighted by molar-refractivity contribution is 6.79. The third kappa shape index (κ3) is 3.38. The molecule has 96 valence electrons. The molecule has 0 N–H and O–H groups in total. The molecule has 1 aromatic carbocycles. The monoisotopic (exact) mass is 256 g/mol. The van der Waals surface area contributed by atoms with Crippen molar-refractivity contribution < 1.29 is 8.22 Å². The van der Waals surface area contributed by atoms with Crippen LogP contribution in [0, 0.1) is 0 Å². The maximum Gasteiger partial charge on any atom is 0.455 e. The summed E-state index contributed by atoms with van der Waals surface area (Å²) < 4.78 is 27.8. The van der Waals surface area contributed by atoms with E-state index in [4.69, 9.17) is 0 Å². The molecule has 0 nitrogen and oxygen atoms in total. The minimum absolute atomic E-state index is 0.00785. The van der Waals surface area contributed by atoms with Crippen LogP contribution in [0.3, 0.4) is 0 Å². The molecule has 0 spiro atoms. The van der Waals surface area contributed by atoms with Crippen molar-refractivity contribution in [1.29, 1.82) is 0 Å². The van der Waals surface area contributed by atoms with Crippen molar-refractivity contribution in [3.05, 3.63) is 29.3 Å². The summed E-state index contributed by atoms with van der Waals surface area (Å²) in [7, 11) is -4.21. The Morgan fingerprint density at radius 1 is 0.941 bits per heavy atom. The van der Waals surface area contributed by atoms with Gasteiger partial charge >= 0.3 is 8.74 Å². The van der Waals surface area contributed by atoms with Gasteiger partial charge in [-0.25, -0.2) is 0 Å². The third-order valence-corrected chi connectivity index (χ3v) is 5.20. The largest absolute Gasteiger partial charge is 0.455 e. The Hall–Kier alpha value is -0.703. The average Bonchev–Trinajstić information content (AvgIpc) is 2.28. The summed E-state index contributed by atoms with van der Waals surface area (Å²) in [5.74, 6) is 0.600. The van der Waals surface area contributed by atoms with Gasteiger partial charge in [0.15, 0.2) is 0 Å². The van der Waals surface area contributed by atoms with Gasteiger partial charge in [0, 0.05) is 5.19 Å². The van der Waals surface area contributed by atoms with Gasteiger partial charge in [-0.05, 0) is 29.0 Å². The van der Waals surface area contributed by atoms with E-state index in [1.165, 1.54) is 0 Å². The zero-order chi connectivity index (χ0) is 13.2. The van der Waals surface area contributed by atoms with E-state index >= 15 is 0 Å². The molecule has 0 aromatic heterocycles. The topological polar surface area (TPSA) is 0 Å². The van der Waals surface area contributed by atoms with Crippen molar-refractivity contribution in [2.45, 2.75) is 52.5 Å². The second-order valence-electron chi connectivity index (χ2n) is 5.26. The van der Waals surface area contributed by atoms with E-state index in [2.05, 4.69) is 33.8 Å². The molecule has 0 aliphatic carbocycles. The molecule has 0 saturated carbocycles. The molecule has 0 aliphatic rings. The van der Waals surface area contributed by atoms with Crippen molar-refractivity contribution >= 4 is 13.9 Å². The molecule has 0 amide bonds. The number of hydrogen-bond acceptors (Lipinski definition) is 0. The van der Waals surface area contributed by atoms with Crippen LogP contribution in [0.15, 0.2) is 18.2 Å². The Morgan fingerprint density at radius 2 is 1.35 bits per heavy atom. The van der Waals surface area contributed by atoms with E-state index in [9.17, 15) is 8.22 Å². The fourth-order valence-electron chi connectivity index (χ4n) is 1.76. The maximum atomic E-state index is 13.9. The summed E-state index contributed by atoms with van der Waals surface area (Å²) >= 11 is 0. The van der Waals surface area contributed by atoms with E-state index < -0.39 is 8.74 Å². The van der Waals surface area contributed by atoms with E-state index in [-0.39, 0.29) is 6.04 Å². The van der Waals surface area contributed by atoms with Gasteiger partial charge in [0.05, 0.1) is 0 Å². The van der Waals surface area contributed by atoms with E-state index in [1.807, 2.05) is 0 Å². The van der Waals surface area contributed by atoms with Crippen molar-refractivity contribution in [3.8, 4) is 0 Å². The standard InChI is InChI=1S/C14H22F2Si/c1-6-17(15,16)14-8-12(10(2)3)7-13(9-14)11(4)5/h7-11H,6H2,1-5H3. The quantitative estimate of drug-likeness (QED) is 0.548. The molecular formula is C14H22F2Si. The summed E-state index contributed by atoms with van der Waals surface area (Å²) in [5.41, 5.74) is 2.07. The van der Waals surface area contributed by atoms with Crippen LogP contribution in [-0.2, 0) is 0 Å². The lowest BCUT2D eigenvalue weighted by Gasteiger charge is -2.17. The lowest BCUT2D eigenvalue weighted by Crippen LogP contribution is -2.38. The highest BCUT2D eigenvalue weighted by Gasteiger charge is 2.36. The normalized spacial score (nSPS) is 12.5. The lowest BCUT2D eigenvalue weighted by molar-refractivity contribution is 0.625. The Bertz CT molecular complexity index is 358. The second kappa shape index (κ2) is 5.30. The molecule has 3 heteroatoms. The molecular weight excluding hydrogens is 234 g/mol. The number of rotatable bonds is 4. The summed E-state index contributed by atoms with van der Waals surface area (Å²) in [4.78, 5) is 0. The smallest absolute Gasteiger partial charge is 0.265 e. The molecule has 1 rings (SSSR count). The number of hydrogen-bond donors (Lipinski definition) is 0. The van der Waals surface area contributed by atoms with Crippen LogP contribution in [0.25, 0.3) is 0 Å². The first-order valence-corrected chi connectivity index (χ1v) is 8.27. The fourth-order valence-corrected chi connectivity index (χ4v) is 2.92. The van der Waals surface area contributed by atoms with Crippen LogP contribution in [0.5, 0.6) is 0 Å². The predicted octanol–water partition coefficient (Wildman–Crippen LogP) is 4.54.